The molecule has 4 heterocycles. The minimum atomic E-state index is -0.577. The van der Waals surface area contributed by atoms with Gasteiger partial charge in [0.15, 0.2) is 17.4 Å². The Morgan fingerprint density at radius 3 is 2.68 bits per heavy atom. The topological polar surface area (TPSA) is 57.3 Å². The maximum atomic E-state index is 15.0. The quantitative estimate of drug-likeness (QED) is 0.357. The zero-order chi connectivity index (χ0) is 26.4. The largest absolute Gasteiger partial charge is 0.486 e. The van der Waals surface area contributed by atoms with E-state index in [-0.39, 0.29) is 17.5 Å². The number of piperidine rings is 1. The van der Waals surface area contributed by atoms with Crippen LogP contribution in [0, 0.1) is 11.6 Å². The molecule has 8 heteroatoms. The molecule has 6 nitrogen and oxygen atoms in total. The minimum Gasteiger partial charge on any atom is -0.486 e. The summed E-state index contributed by atoms with van der Waals surface area (Å²) in [6.07, 6.45) is 6.08. The molecule has 4 aromatic rings. The first kappa shape index (κ1) is 24.8. The summed E-state index contributed by atoms with van der Waals surface area (Å²) in [7, 11) is 2.17. The van der Waals surface area contributed by atoms with Crippen LogP contribution in [0.15, 0.2) is 42.7 Å². The van der Waals surface area contributed by atoms with Crippen LogP contribution in [0.25, 0.3) is 22.2 Å². The zero-order valence-electron chi connectivity index (χ0n) is 22.1. The number of halogens is 2. The van der Waals surface area contributed by atoms with Crippen LogP contribution < -0.4 is 9.64 Å². The van der Waals surface area contributed by atoms with E-state index >= 15 is 4.39 Å². The van der Waals surface area contributed by atoms with Gasteiger partial charge in [-0.05, 0) is 88.1 Å². The number of anilines is 1. The minimum absolute atomic E-state index is 0.0979. The third-order valence-electron chi connectivity index (χ3n) is 7.90. The first-order valence-electron chi connectivity index (χ1n) is 13.4. The standard InChI is InChI=1S/C30H33F2N5O/c1-18(2)37-10-11-38-30-24(31)14-21(15-27(30)37)29-25(32)17-34-28(35-29)13-19-4-5-26-22(12-19)23(16-33-26)20-6-8-36(3)9-7-20/h4-5,12,14-18,20,33H,6-11,13H2,1-3H3. The van der Waals surface area contributed by atoms with E-state index in [4.69, 9.17) is 4.74 Å². The Labute approximate surface area is 221 Å². The molecule has 0 aliphatic carbocycles. The maximum Gasteiger partial charge on any atom is 0.178 e. The van der Waals surface area contributed by atoms with Crippen LogP contribution in [0.2, 0.25) is 0 Å². The van der Waals surface area contributed by atoms with E-state index in [1.807, 2.05) is 13.8 Å². The number of nitrogens with zero attached hydrogens (tertiary/aromatic N) is 4. The van der Waals surface area contributed by atoms with Gasteiger partial charge in [-0.25, -0.2) is 18.7 Å². The number of hydrogen-bond donors (Lipinski definition) is 1. The Morgan fingerprint density at radius 2 is 1.89 bits per heavy atom. The lowest BCUT2D eigenvalue weighted by Gasteiger charge is -2.34. The molecule has 0 atom stereocenters. The third-order valence-corrected chi connectivity index (χ3v) is 7.90. The second-order valence-electron chi connectivity index (χ2n) is 10.8. The molecule has 1 N–H and O–H groups in total. The Balaban J connectivity index is 1.31. The fourth-order valence-electron chi connectivity index (χ4n) is 5.81. The zero-order valence-corrected chi connectivity index (χ0v) is 22.1. The van der Waals surface area contributed by atoms with Gasteiger partial charge in [-0.3, -0.25) is 0 Å². The van der Waals surface area contributed by atoms with Gasteiger partial charge < -0.3 is 19.5 Å². The molecule has 1 fully saturated rings. The molecule has 0 amide bonds. The first-order valence-corrected chi connectivity index (χ1v) is 13.4. The highest BCUT2D eigenvalue weighted by Crippen LogP contribution is 2.39. The van der Waals surface area contributed by atoms with Gasteiger partial charge in [0.2, 0.25) is 0 Å². The lowest BCUT2D eigenvalue weighted by atomic mass is 9.89. The number of aromatic amines is 1. The van der Waals surface area contributed by atoms with E-state index in [2.05, 4.69) is 56.2 Å². The lowest BCUT2D eigenvalue weighted by molar-refractivity contribution is 0.256. The van der Waals surface area contributed by atoms with Gasteiger partial charge in [0.25, 0.3) is 0 Å². The molecule has 2 aromatic heterocycles. The molecule has 0 unspecified atom stereocenters. The maximum absolute atomic E-state index is 15.0. The van der Waals surface area contributed by atoms with Crippen molar-refractivity contribution in [2.24, 2.45) is 0 Å². The van der Waals surface area contributed by atoms with Gasteiger partial charge in [-0.1, -0.05) is 6.07 Å². The SMILES string of the molecule is CC(C)N1CCOc2c(F)cc(-c3nc(Cc4ccc5[nH]cc(C6CCN(C)CC6)c5c4)ncc3F)cc21. The van der Waals surface area contributed by atoms with Gasteiger partial charge in [0, 0.05) is 35.1 Å². The van der Waals surface area contributed by atoms with E-state index < -0.39 is 11.6 Å². The molecule has 0 bridgehead atoms. The van der Waals surface area contributed by atoms with Crippen LogP contribution in [0.5, 0.6) is 5.75 Å². The van der Waals surface area contributed by atoms with Crippen molar-refractivity contribution in [3.63, 3.8) is 0 Å². The third kappa shape index (κ3) is 4.62. The summed E-state index contributed by atoms with van der Waals surface area (Å²) in [6.45, 7) is 7.36. The summed E-state index contributed by atoms with van der Waals surface area (Å²) in [5.74, 6) is 0.154. The van der Waals surface area contributed by atoms with E-state index in [0.29, 0.717) is 42.6 Å². The highest BCUT2D eigenvalue weighted by Gasteiger charge is 2.26. The molecule has 2 aliphatic rings. The van der Waals surface area contributed by atoms with Crippen LogP contribution in [0.4, 0.5) is 14.5 Å². The van der Waals surface area contributed by atoms with Crippen molar-refractivity contribution >= 4 is 16.6 Å². The van der Waals surface area contributed by atoms with Gasteiger partial charge >= 0.3 is 0 Å². The lowest BCUT2D eigenvalue weighted by Crippen LogP contribution is -2.38. The van der Waals surface area contributed by atoms with E-state index in [0.717, 1.165) is 37.0 Å². The highest BCUT2D eigenvalue weighted by atomic mass is 19.1. The molecular weight excluding hydrogens is 484 g/mol. The summed E-state index contributed by atoms with van der Waals surface area (Å²) in [5.41, 5.74) is 4.63. The molecule has 0 spiro atoms. The Bertz CT molecular complexity index is 1480. The van der Waals surface area contributed by atoms with E-state index in [9.17, 15) is 4.39 Å². The first-order chi connectivity index (χ1) is 18.4. The Hall–Kier alpha value is -3.52. The second-order valence-corrected chi connectivity index (χ2v) is 10.8. The van der Waals surface area contributed by atoms with Crippen LogP contribution in [0.3, 0.4) is 0 Å². The number of rotatable bonds is 5. The number of aromatic nitrogens is 3. The average molecular weight is 518 g/mol. The van der Waals surface area contributed by atoms with Crippen molar-refractivity contribution in [3.05, 3.63) is 71.3 Å². The number of H-pyrrole nitrogens is 1. The summed E-state index contributed by atoms with van der Waals surface area (Å²) in [4.78, 5) is 16.7. The molecule has 38 heavy (non-hydrogen) atoms. The van der Waals surface area contributed by atoms with Crippen LogP contribution in [-0.2, 0) is 6.42 Å². The Kier molecular flexibility index (Phi) is 6.51. The highest BCUT2D eigenvalue weighted by molar-refractivity contribution is 5.84. The van der Waals surface area contributed by atoms with Crippen molar-refractivity contribution in [3.8, 4) is 17.0 Å². The summed E-state index contributed by atoms with van der Waals surface area (Å²) >= 11 is 0. The normalized spacial score (nSPS) is 16.7. The molecule has 198 valence electrons. The summed E-state index contributed by atoms with van der Waals surface area (Å²) < 4.78 is 35.6. The van der Waals surface area contributed by atoms with E-state index in [1.165, 1.54) is 23.2 Å². The number of ether oxygens (including phenoxy) is 1. The molecule has 1 saturated heterocycles. The molecule has 0 radical (unpaired) electrons. The Morgan fingerprint density at radius 1 is 1.08 bits per heavy atom. The summed E-state index contributed by atoms with van der Waals surface area (Å²) in [6, 6.07) is 9.57. The van der Waals surface area contributed by atoms with Gasteiger partial charge in [-0.2, -0.15) is 0 Å². The fourth-order valence-corrected chi connectivity index (χ4v) is 5.81. The van der Waals surface area contributed by atoms with Crippen LogP contribution in [-0.4, -0.2) is 59.2 Å². The van der Waals surface area contributed by atoms with Gasteiger partial charge in [0.05, 0.1) is 18.4 Å². The average Bonchev–Trinajstić information content (AvgIpc) is 3.33. The van der Waals surface area contributed by atoms with Crippen molar-refractivity contribution in [2.75, 3.05) is 38.2 Å². The van der Waals surface area contributed by atoms with Crippen molar-refractivity contribution in [1.29, 1.82) is 0 Å². The molecule has 0 saturated carbocycles. The predicted octanol–water partition coefficient (Wildman–Crippen LogP) is 5.91. The smallest absolute Gasteiger partial charge is 0.178 e. The number of benzene rings is 2. The van der Waals surface area contributed by atoms with E-state index in [1.54, 1.807) is 6.07 Å². The van der Waals surface area contributed by atoms with Crippen molar-refractivity contribution < 1.29 is 13.5 Å². The van der Waals surface area contributed by atoms with Gasteiger partial charge in [0.1, 0.15) is 18.1 Å². The number of likely N-dealkylation sites (tertiary alicyclic amines) is 1. The van der Waals surface area contributed by atoms with Crippen molar-refractivity contribution in [2.45, 2.75) is 45.1 Å². The number of fused-ring (bicyclic) bond motifs is 2. The monoisotopic (exact) mass is 517 g/mol. The molecular formula is C30H33F2N5O. The van der Waals surface area contributed by atoms with Crippen LogP contribution in [0.1, 0.15) is 49.6 Å². The number of hydrogen-bond acceptors (Lipinski definition) is 5. The van der Waals surface area contributed by atoms with Crippen LogP contribution >= 0.6 is 0 Å². The second kappa shape index (κ2) is 9.98. The predicted molar refractivity (Wildman–Crippen MR) is 146 cm³/mol. The molecule has 2 aromatic carbocycles. The number of nitrogens with one attached hydrogen (secondary N) is 1. The molecule has 6 rings (SSSR count). The summed E-state index contributed by atoms with van der Waals surface area (Å²) in [5, 5.41) is 1.23. The van der Waals surface area contributed by atoms with Gasteiger partial charge in [-0.15, -0.1) is 0 Å². The van der Waals surface area contributed by atoms with Crippen molar-refractivity contribution in [1.82, 2.24) is 19.9 Å². The molecule has 2 aliphatic heterocycles. The fraction of sp³-hybridized carbons (Fsp3) is 0.400.